The van der Waals surface area contributed by atoms with Gasteiger partial charge < -0.3 is 5.53 Å². The van der Waals surface area contributed by atoms with Gasteiger partial charge in [0.15, 0.2) is 0 Å². The molecule has 0 aliphatic heterocycles. The average molecular weight is 138 g/mol. The van der Waals surface area contributed by atoms with Gasteiger partial charge in [0.05, 0.1) is 0 Å². The second-order valence-corrected chi connectivity index (χ2v) is 1.79. The van der Waals surface area contributed by atoms with Gasteiger partial charge in [-0.1, -0.05) is 19.1 Å². The topological polar surface area (TPSA) is 53.5 Å². The minimum Gasteiger partial charge on any atom is -0.361 e. The summed E-state index contributed by atoms with van der Waals surface area (Å²) in [6, 6.07) is 0. The quantitative estimate of drug-likeness (QED) is 0.249. The van der Waals surface area contributed by atoms with E-state index in [4.69, 9.17) is 5.53 Å². The standard InChI is InChI=1S/C7H10N2O/c1-2-3-4-5-7(10)6-9-8/h3-4,6H,2,5H2,1H3. The van der Waals surface area contributed by atoms with Crippen LogP contribution in [0.3, 0.4) is 0 Å². The molecule has 3 heteroatoms. The van der Waals surface area contributed by atoms with Crippen molar-refractivity contribution in [3.05, 3.63) is 17.7 Å². The van der Waals surface area contributed by atoms with Crippen molar-refractivity contribution in [3.63, 3.8) is 0 Å². The van der Waals surface area contributed by atoms with Crippen LogP contribution in [-0.2, 0) is 4.79 Å². The van der Waals surface area contributed by atoms with Gasteiger partial charge in [0.1, 0.15) is 0 Å². The van der Waals surface area contributed by atoms with E-state index in [-0.39, 0.29) is 5.78 Å². The van der Waals surface area contributed by atoms with Crippen LogP contribution in [0.4, 0.5) is 0 Å². The van der Waals surface area contributed by atoms with E-state index in [1.807, 2.05) is 13.0 Å². The molecule has 0 rings (SSSR count). The van der Waals surface area contributed by atoms with Crippen LogP contribution in [0.1, 0.15) is 19.8 Å². The molecule has 54 valence electrons. The number of rotatable bonds is 4. The number of carbonyl (C=O) groups is 1. The Kier molecular flexibility index (Phi) is 5.20. The molecule has 0 aliphatic rings. The fourth-order valence-electron chi connectivity index (χ4n) is 0.483. The molecule has 0 fully saturated rings. The Bertz CT molecular complexity index is 178. The summed E-state index contributed by atoms with van der Waals surface area (Å²) >= 11 is 0. The summed E-state index contributed by atoms with van der Waals surface area (Å²) in [7, 11) is 0. The maximum Gasteiger partial charge on any atom is 0.323 e. The van der Waals surface area contributed by atoms with Crippen LogP contribution in [0.2, 0.25) is 0 Å². The summed E-state index contributed by atoms with van der Waals surface area (Å²) in [5.74, 6) is -0.188. The predicted octanol–water partition coefficient (Wildman–Crippen LogP) is 1.21. The van der Waals surface area contributed by atoms with Gasteiger partial charge >= 0.3 is 6.21 Å². The number of Topliss-reactive ketones (excluding diaryl/α,β-unsaturated/α-hetero) is 1. The average Bonchev–Trinajstić information content (AvgIpc) is 1.89. The van der Waals surface area contributed by atoms with E-state index in [2.05, 4.69) is 4.79 Å². The van der Waals surface area contributed by atoms with Crippen LogP contribution in [0.15, 0.2) is 12.2 Å². The predicted molar refractivity (Wildman–Crippen MR) is 38.7 cm³/mol. The van der Waals surface area contributed by atoms with Crippen molar-refractivity contribution in [1.82, 2.24) is 0 Å². The number of nitrogens with zero attached hydrogens (tertiary/aromatic N) is 2. The Morgan fingerprint density at radius 3 is 2.80 bits per heavy atom. The lowest BCUT2D eigenvalue weighted by atomic mass is 10.2. The Labute approximate surface area is 60.0 Å². The first-order valence-electron chi connectivity index (χ1n) is 3.16. The van der Waals surface area contributed by atoms with Crippen molar-refractivity contribution in [2.45, 2.75) is 19.8 Å². The molecule has 0 spiro atoms. The number of ketones is 1. The number of hydrogen-bond acceptors (Lipinski definition) is 1. The van der Waals surface area contributed by atoms with Gasteiger partial charge in [0, 0.05) is 6.42 Å². The molecule has 0 N–H and O–H groups in total. The van der Waals surface area contributed by atoms with Crippen molar-refractivity contribution in [2.75, 3.05) is 0 Å². The molecule has 10 heavy (non-hydrogen) atoms. The van der Waals surface area contributed by atoms with Crippen LogP contribution in [-0.4, -0.2) is 16.8 Å². The van der Waals surface area contributed by atoms with E-state index in [0.29, 0.717) is 6.42 Å². The first kappa shape index (κ1) is 8.79. The van der Waals surface area contributed by atoms with E-state index in [1.54, 1.807) is 6.08 Å². The van der Waals surface area contributed by atoms with E-state index in [1.165, 1.54) is 0 Å². The fourth-order valence-corrected chi connectivity index (χ4v) is 0.483. The summed E-state index contributed by atoms with van der Waals surface area (Å²) in [5.41, 5.74) is 7.92. The molecule has 0 bridgehead atoms. The van der Waals surface area contributed by atoms with Crippen molar-refractivity contribution >= 4 is 12.0 Å². The highest BCUT2D eigenvalue weighted by Gasteiger charge is 1.96. The van der Waals surface area contributed by atoms with Gasteiger partial charge in [-0.3, -0.25) is 4.79 Å². The molecule has 0 unspecified atom stereocenters. The summed E-state index contributed by atoms with van der Waals surface area (Å²) in [6.45, 7) is 1.99. The van der Waals surface area contributed by atoms with Gasteiger partial charge in [-0.25, -0.2) is 0 Å². The van der Waals surface area contributed by atoms with Crippen LogP contribution in [0.5, 0.6) is 0 Å². The fraction of sp³-hybridized carbons (Fsp3) is 0.429. The number of carbonyl (C=O) groups excluding carboxylic acids is 1. The molecular weight excluding hydrogens is 128 g/mol. The van der Waals surface area contributed by atoms with Crippen molar-refractivity contribution in [2.24, 2.45) is 0 Å². The van der Waals surface area contributed by atoms with Gasteiger partial charge in [-0.2, -0.15) is 4.79 Å². The third-order valence-corrected chi connectivity index (χ3v) is 0.923. The Hall–Kier alpha value is -1.21. The lowest BCUT2D eigenvalue weighted by Gasteiger charge is -1.78. The molecule has 0 saturated carbocycles. The Morgan fingerprint density at radius 2 is 2.30 bits per heavy atom. The lowest BCUT2D eigenvalue weighted by Crippen LogP contribution is -1.96. The van der Waals surface area contributed by atoms with E-state index in [0.717, 1.165) is 12.6 Å². The molecule has 0 saturated heterocycles. The molecule has 0 atom stereocenters. The van der Waals surface area contributed by atoms with Crippen molar-refractivity contribution in [1.29, 1.82) is 0 Å². The highest BCUT2D eigenvalue weighted by Crippen LogP contribution is 1.85. The molecule has 0 aliphatic carbocycles. The minimum absolute atomic E-state index is 0.188. The minimum atomic E-state index is -0.188. The highest BCUT2D eigenvalue weighted by molar-refractivity contribution is 6.25. The molecular formula is C7H10N2O. The third kappa shape index (κ3) is 4.94. The third-order valence-electron chi connectivity index (χ3n) is 0.923. The first-order valence-corrected chi connectivity index (χ1v) is 3.16. The SMILES string of the molecule is CCC=CCC(=O)C=[N+]=[N-]. The van der Waals surface area contributed by atoms with Crippen molar-refractivity contribution in [3.8, 4) is 0 Å². The number of hydrogen-bond donors (Lipinski definition) is 0. The summed E-state index contributed by atoms with van der Waals surface area (Å²) in [4.78, 5) is 13.2. The zero-order chi connectivity index (χ0) is 7.82. The number of allylic oxidation sites excluding steroid dienone is 2. The maximum atomic E-state index is 10.6. The van der Waals surface area contributed by atoms with Gasteiger partial charge in [-0.15, -0.1) is 0 Å². The molecule has 0 radical (unpaired) electrons. The summed E-state index contributed by atoms with van der Waals surface area (Å²) < 4.78 is 0. The van der Waals surface area contributed by atoms with Crippen LogP contribution in [0, 0.1) is 0 Å². The highest BCUT2D eigenvalue weighted by atomic mass is 16.1. The van der Waals surface area contributed by atoms with E-state index < -0.39 is 0 Å². The monoisotopic (exact) mass is 138 g/mol. The maximum absolute atomic E-state index is 10.6. The lowest BCUT2D eigenvalue weighted by molar-refractivity contribution is -0.115. The summed E-state index contributed by atoms with van der Waals surface area (Å²) in [6.07, 6.45) is 5.79. The van der Waals surface area contributed by atoms with Gasteiger partial charge in [-0.05, 0) is 6.42 Å². The zero-order valence-corrected chi connectivity index (χ0v) is 5.95. The summed E-state index contributed by atoms with van der Waals surface area (Å²) in [5, 5.41) is 0. The smallest absolute Gasteiger partial charge is 0.323 e. The molecule has 0 aromatic rings. The molecule has 0 amide bonds. The van der Waals surface area contributed by atoms with Crippen LogP contribution >= 0.6 is 0 Å². The van der Waals surface area contributed by atoms with Crippen LogP contribution in [0.25, 0.3) is 5.53 Å². The van der Waals surface area contributed by atoms with Gasteiger partial charge in [0.2, 0.25) is 5.78 Å². The molecule has 0 aromatic carbocycles. The second-order valence-electron chi connectivity index (χ2n) is 1.79. The largest absolute Gasteiger partial charge is 0.361 e. The molecule has 3 nitrogen and oxygen atoms in total. The normalized spacial score (nSPS) is 9.30. The Balaban J connectivity index is 3.59. The second kappa shape index (κ2) is 5.92. The zero-order valence-electron chi connectivity index (χ0n) is 5.95. The first-order chi connectivity index (χ1) is 4.81. The van der Waals surface area contributed by atoms with E-state index >= 15 is 0 Å². The van der Waals surface area contributed by atoms with E-state index in [9.17, 15) is 4.79 Å². The molecule has 0 aromatic heterocycles. The van der Waals surface area contributed by atoms with Gasteiger partial charge in [0.25, 0.3) is 0 Å². The Morgan fingerprint density at radius 1 is 1.60 bits per heavy atom. The molecule has 0 heterocycles. The van der Waals surface area contributed by atoms with Crippen LogP contribution < -0.4 is 0 Å². The van der Waals surface area contributed by atoms with Crippen molar-refractivity contribution < 1.29 is 9.58 Å².